The second-order valence-electron chi connectivity index (χ2n) is 14.2. The van der Waals surface area contributed by atoms with Crippen LogP contribution in [0.1, 0.15) is 76.2 Å². The van der Waals surface area contributed by atoms with Gasteiger partial charge in [0.15, 0.2) is 0 Å². The van der Waals surface area contributed by atoms with Gasteiger partial charge in [0.05, 0.1) is 12.2 Å². The molecule has 2 N–H and O–H groups in total. The third kappa shape index (κ3) is 11.7. The maximum absolute atomic E-state index is 13.8. The van der Waals surface area contributed by atoms with Crippen LogP contribution >= 0.6 is 0 Å². The lowest BCUT2D eigenvalue weighted by molar-refractivity contribution is -0.0564. The summed E-state index contributed by atoms with van der Waals surface area (Å²) in [7, 11) is 2.19. The van der Waals surface area contributed by atoms with Crippen LogP contribution in [0.2, 0.25) is 25.7 Å². The van der Waals surface area contributed by atoms with Gasteiger partial charge in [-0.1, -0.05) is 82.1 Å². The van der Waals surface area contributed by atoms with E-state index in [1.807, 2.05) is 35.2 Å². The maximum Gasteiger partial charge on any atom is 0.409 e. The average Bonchev–Trinajstić information content (AvgIpc) is 2.99. The number of piperidine rings is 1. The molecular weight excluding hydrogens is 558 g/mol. The van der Waals surface area contributed by atoms with Crippen molar-refractivity contribution in [1.29, 1.82) is 0 Å². The van der Waals surface area contributed by atoms with E-state index in [-0.39, 0.29) is 24.1 Å². The zero-order valence-corrected chi connectivity index (χ0v) is 28.6. The second kappa shape index (κ2) is 17.4. The summed E-state index contributed by atoms with van der Waals surface area (Å²) in [5.41, 5.74) is -0.0841. The topological polar surface area (TPSA) is 91.3 Å². The number of aliphatic hydroxyl groups is 1. The maximum atomic E-state index is 13.8. The molecule has 0 bridgehead atoms. The van der Waals surface area contributed by atoms with Crippen molar-refractivity contribution in [2.45, 2.75) is 108 Å². The Morgan fingerprint density at radius 2 is 1.79 bits per heavy atom. The molecule has 9 heteroatoms. The minimum absolute atomic E-state index is 0.0576. The van der Waals surface area contributed by atoms with Crippen molar-refractivity contribution in [3.05, 3.63) is 35.9 Å². The van der Waals surface area contributed by atoms with E-state index in [2.05, 4.69) is 25.0 Å². The van der Waals surface area contributed by atoms with Crippen LogP contribution in [0.3, 0.4) is 0 Å². The molecule has 0 radical (unpaired) electrons. The molecule has 2 aliphatic rings. The summed E-state index contributed by atoms with van der Waals surface area (Å²) in [4.78, 5) is 30.1. The summed E-state index contributed by atoms with van der Waals surface area (Å²) in [6, 6.07) is 10.6. The Balaban J connectivity index is 1.67. The van der Waals surface area contributed by atoms with Crippen LogP contribution in [0.4, 0.5) is 9.59 Å². The van der Waals surface area contributed by atoms with Crippen molar-refractivity contribution >= 4 is 20.2 Å². The Bertz CT molecular complexity index is 969. The number of nitrogens with zero attached hydrogens (tertiary/aromatic N) is 2. The van der Waals surface area contributed by atoms with Crippen LogP contribution < -0.4 is 5.32 Å². The highest BCUT2D eigenvalue weighted by atomic mass is 28.3. The fourth-order valence-electron chi connectivity index (χ4n) is 6.73. The van der Waals surface area contributed by atoms with Gasteiger partial charge in [0.1, 0.15) is 0 Å². The van der Waals surface area contributed by atoms with Crippen LogP contribution in [-0.2, 0) is 15.1 Å². The number of nitrogens with one attached hydrogen (secondary N) is 1. The van der Waals surface area contributed by atoms with E-state index < -0.39 is 13.7 Å². The highest BCUT2D eigenvalue weighted by Gasteiger charge is 2.41. The Hall–Kier alpha value is -2.10. The predicted molar refractivity (Wildman–Crippen MR) is 176 cm³/mol. The standard InChI is InChI=1S/C34H59N3O5Si/c1-36(33(39)42-23-24-43(3,4)5)27-31(25-28-15-8-6-9-16-28)35-32(38)37-21-14-19-30(26-37)34(40,20-12-13-22-41-2)29-17-10-7-11-18-29/h7,10-11,17-18,28,30-31,40H,6,8-9,12-16,19-27H2,1-5H3,(H,35,38)/t30-,31+,34-/m1/s1. The molecule has 8 nitrogen and oxygen atoms in total. The molecule has 1 heterocycles. The fraction of sp³-hybridized carbons (Fsp3) is 0.765. The first-order chi connectivity index (χ1) is 20.5. The van der Waals surface area contributed by atoms with E-state index in [1.54, 1.807) is 19.1 Å². The number of methoxy groups -OCH3 is 1. The molecule has 1 aliphatic carbocycles. The predicted octanol–water partition coefficient (Wildman–Crippen LogP) is 6.86. The lowest BCUT2D eigenvalue weighted by Gasteiger charge is -2.43. The lowest BCUT2D eigenvalue weighted by Crippen LogP contribution is -2.54. The number of carbonyl (C=O) groups is 2. The van der Waals surface area contributed by atoms with Gasteiger partial charge in [-0.25, -0.2) is 9.59 Å². The van der Waals surface area contributed by atoms with Gasteiger partial charge in [-0.3, -0.25) is 0 Å². The van der Waals surface area contributed by atoms with E-state index in [0.717, 1.165) is 43.7 Å². The van der Waals surface area contributed by atoms with Gasteiger partial charge in [-0.15, -0.1) is 0 Å². The van der Waals surface area contributed by atoms with Crippen molar-refractivity contribution in [1.82, 2.24) is 15.1 Å². The number of amides is 3. The molecule has 1 saturated heterocycles. The molecule has 244 valence electrons. The number of hydrogen-bond donors (Lipinski definition) is 2. The normalized spacial score (nSPS) is 20.2. The zero-order valence-electron chi connectivity index (χ0n) is 27.6. The van der Waals surface area contributed by atoms with E-state index in [4.69, 9.17) is 9.47 Å². The molecule has 1 aromatic rings. The summed E-state index contributed by atoms with van der Waals surface area (Å²) in [6.07, 6.45) is 10.7. The summed E-state index contributed by atoms with van der Waals surface area (Å²) in [6.45, 7) is 9.54. The van der Waals surface area contributed by atoms with Gasteiger partial charge in [0.25, 0.3) is 0 Å². The first kappa shape index (κ1) is 35.4. The second-order valence-corrected chi connectivity index (χ2v) is 19.8. The van der Waals surface area contributed by atoms with E-state index in [1.165, 1.54) is 32.1 Å². The van der Waals surface area contributed by atoms with Gasteiger partial charge in [-0.2, -0.15) is 0 Å². The Kier molecular flexibility index (Phi) is 14.3. The van der Waals surface area contributed by atoms with Gasteiger partial charge in [-0.05, 0) is 56.1 Å². The van der Waals surface area contributed by atoms with E-state index in [0.29, 0.717) is 45.2 Å². The van der Waals surface area contributed by atoms with Crippen molar-refractivity contribution in [2.24, 2.45) is 11.8 Å². The Morgan fingerprint density at radius 1 is 1.07 bits per heavy atom. The van der Waals surface area contributed by atoms with Crippen LogP contribution in [0.15, 0.2) is 30.3 Å². The van der Waals surface area contributed by atoms with Crippen molar-refractivity contribution in [2.75, 3.05) is 47.0 Å². The highest BCUT2D eigenvalue weighted by Crippen LogP contribution is 2.39. The molecule has 1 aliphatic heterocycles. The van der Waals surface area contributed by atoms with Crippen LogP contribution in [0.25, 0.3) is 0 Å². The molecule has 1 saturated carbocycles. The molecule has 0 aromatic heterocycles. The molecule has 0 spiro atoms. The molecular formula is C34H59N3O5Si. The molecule has 1 aromatic carbocycles. The molecule has 3 amide bonds. The number of likely N-dealkylation sites (N-methyl/N-ethyl adjacent to an activating group) is 1. The number of benzene rings is 1. The van der Waals surface area contributed by atoms with Crippen molar-refractivity contribution < 1.29 is 24.2 Å². The number of hydrogen-bond acceptors (Lipinski definition) is 5. The Labute approximate surface area is 261 Å². The third-order valence-corrected chi connectivity index (χ3v) is 11.1. The summed E-state index contributed by atoms with van der Waals surface area (Å²) in [5, 5.41) is 15.5. The Morgan fingerprint density at radius 3 is 2.47 bits per heavy atom. The number of unbranched alkanes of at least 4 members (excludes halogenated alkanes) is 1. The molecule has 43 heavy (non-hydrogen) atoms. The SMILES string of the molecule is COCCCC[C@@](O)(c1ccccc1)[C@@H]1CCCN(C(=O)N[C@@H](CC2CCCCC2)CN(C)C(=O)OCC[Si](C)(C)C)C1. The first-order valence-corrected chi connectivity index (χ1v) is 20.4. The lowest BCUT2D eigenvalue weighted by atomic mass is 9.74. The van der Waals surface area contributed by atoms with Crippen molar-refractivity contribution in [3.8, 4) is 0 Å². The molecule has 3 atom stereocenters. The van der Waals surface area contributed by atoms with Gasteiger partial charge in [0.2, 0.25) is 0 Å². The van der Waals surface area contributed by atoms with Gasteiger partial charge in [0, 0.05) is 60.4 Å². The van der Waals surface area contributed by atoms with Crippen LogP contribution in [-0.4, -0.2) is 88.2 Å². The number of likely N-dealkylation sites (tertiary alicyclic amines) is 1. The summed E-state index contributed by atoms with van der Waals surface area (Å²) >= 11 is 0. The minimum Gasteiger partial charge on any atom is -0.450 e. The van der Waals surface area contributed by atoms with E-state index in [9.17, 15) is 14.7 Å². The average molecular weight is 618 g/mol. The van der Waals surface area contributed by atoms with Gasteiger partial charge < -0.3 is 29.7 Å². The number of ether oxygens (including phenoxy) is 2. The third-order valence-electron chi connectivity index (χ3n) is 9.37. The highest BCUT2D eigenvalue weighted by molar-refractivity contribution is 6.76. The number of carbonyl (C=O) groups excluding carboxylic acids is 2. The largest absolute Gasteiger partial charge is 0.450 e. The summed E-state index contributed by atoms with van der Waals surface area (Å²) < 4.78 is 10.8. The smallest absolute Gasteiger partial charge is 0.409 e. The quantitative estimate of drug-likeness (QED) is 0.166. The van der Waals surface area contributed by atoms with Gasteiger partial charge >= 0.3 is 12.1 Å². The van der Waals surface area contributed by atoms with Crippen molar-refractivity contribution in [3.63, 3.8) is 0 Å². The summed E-state index contributed by atoms with van der Waals surface area (Å²) in [5.74, 6) is 0.498. The molecule has 2 fully saturated rings. The minimum atomic E-state index is -1.30. The number of urea groups is 1. The first-order valence-electron chi connectivity index (χ1n) is 16.7. The monoisotopic (exact) mass is 617 g/mol. The molecule has 3 rings (SSSR count). The van der Waals surface area contributed by atoms with Crippen LogP contribution in [0, 0.1) is 11.8 Å². The number of rotatable bonds is 15. The van der Waals surface area contributed by atoms with Crippen LogP contribution in [0.5, 0.6) is 0 Å². The fourth-order valence-corrected chi connectivity index (χ4v) is 7.45. The van der Waals surface area contributed by atoms with E-state index >= 15 is 0 Å². The zero-order chi connectivity index (χ0) is 31.3. The molecule has 0 unspecified atom stereocenters.